The van der Waals surface area contributed by atoms with Gasteiger partial charge in [-0.15, -0.1) is 0 Å². The van der Waals surface area contributed by atoms with Crippen molar-refractivity contribution in [2.24, 2.45) is 10.8 Å². The molecule has 2 atom stereocenters. The first-order chi connectivity index (χ1) is 12.2. The lowest BCUT2D eigenvalue weighted by atomic mass is 9.61. The van der Waals surface area contributed by atoms with Gasteiger partial charge in [-0.1, -0.05) is 64.1 Å². The fraction of sp³-hybridized carbons (Fsp3) is 0.522. The first kappa shape index (κ1) is 18.9. The van der Waals surface area contributed by atoms with Crippen LogP contribution in [0, 0.1) is 10.8 Å². The second-order valence-electron chi connectivity index (χ2n) is 9.14. The smallest absolute Gasteiger partial charge is 0.309 e. The summed E-state index contributed by atoms with van der Waals surface area (Å²) < 4.78 is 5.39. The maximum absolute atomic E-state index is 11.6. The molecule has 1 aliphatic heterocycles. The van der Waals surface area contributed by atoms with Gasteiger partial charge in [0, 0.05) is 6.42 Å². The van der Waals surface area contributed by atoms with Gasteiger partial charge in [0.05, 0.1) is 12.5 Å². The number of rotatable bonds is 3. The van der Waals surface area contributed by atoms with Crippen molar-refractivity contribution in [3.8, 4) is 0 Å². The average molecular weight is 354 g/mol. The molecule has 0 aromatic heterocycles. The highest BCUT2D eigenvalue weighted by atomic mass is 16.5. The van der Waals surface area contributed by atoms with Gasteiger partial charge < -0.3 is 9.84 Å². The lowest BCUT2D eigenvalue weighted by molar-refractivity contribution is -0.156. The molecule has 0 amide bonds. The van der Waals surface area contributed by atoms with Crippen LogP contribution in [0.25, 0.3) is 5.57 Å². The Hall–Kier alpha value is -1.87. The summed E-state index contributed by atoms with van der Waals surface area (Å²) in [7, 11) is 0. The zero-order chi connectivity index (χ0) is 18.9. The summed E-state index contributed by atoms with van der Waals surface area (Å²) in [6.45, 7) is 9.24. The molecule has 0 radical (unpaired) electrons. The normalized spacial score (nSPS) is 28.3. The van der Waals surface area contributed by atoms with E-state index < -0.39 is 6.10 Å². The summed E-state index contributed by atoms with van der Waals surface area (Å²) >= 11 is 0. The van der Waals surface area contributed by atoms with Crippen molar-refractivity contribution >= 4 is 11.5 Å². The van der Waals surface area contributed by atoms with E-state index in [0.717, 1.165) is 12.8 Å². The van der Waals surface area contributed by atoms with E-state index in [2.05, 4.69) is 58.0 Å². The Morgan fingerprint density at radius 3 is 2.50 bits per heavy atom. The minimum Gasteiger partial charge on any atom is -0.458 e. The number of aliphatic hydroxyl groups is 1. The summed E-state index contributed by atoms with van der Waals surface area (Å²) in [4.78, 5) is 11.6. The Labute approximate surface area is 156 Å². The summed E-state index contributed by atoms with van der Waals surface area (Å²) in [6, 6.07) is 10.5. The quantitative estimate of drug-likeness (QED) is 0.785. The van der Waals surface area contributed by atoms with Gasteiger partial charge in [0.2, 0.25) is 0 Å². The number of carbonyl (C=O) groups excluding carboxylic acids is 1. The van der Waals surface area contributed by atoms with E-state index in [1.54, 1.807) is 0 Å². The Balaban J connectivity index is 1.99. The zero-order valence-corrected chi connectivity index (χ0v) is 16.3. The van der Waals surface area contributed by atoms with E-state index in [9.17, 15) is 9.90 Å². The van der Waals surface area contributed by atoms with Crippen LogP contribution < -0.4 is 0 Å². The van der Waals surface area contributed by atoms with Crippen LogP contribution in [-0.4, -0.2) is 23.3 Å². The zero-order valence-electron chi connectivity index (χ0n) is 16.3. The Bertz CT molecular complexity index is 725. The van der Waals surface area contributed by atoms with Gasteiger partial charge in [0.1, 0.15) is 6.10 Å². The van der Waals surface area contributed by atoms with Crippen molar-refractivity contribution in [1.29, 1.82) is 0 Å². The van der Waals surface area contributed by atoms with Crippen molar-refractivity contribution in [3.05, 3.63) is 53.6 Å². The lowest BCUT2D eigenvalue weighted by Crippen LogP contribution is -2.32. The molecule has 3 rings (SSSR count). The summed E-state index contributed by atoms with van der Waals surface area (Å²) in [6.07, 6.45) is 5.83. The molecular weight excluding hydrogens is 324 g/mol. The van der Waals surface area contributed by atoms with Crippen molar-refractivity contribution in [2.75, 3.05) is 0 Å². The lowest BCUT2D eigenvalue weighted by Gasteiger charge is -2.43. The topological polar surface area (TPSA) is 46.5 Å². The number of carbonyl (C=O) groups is 1. The number of hydrogen-bond acceptors (Lipinski definition) is 3. The van der Waals surface area contributed by atoms with Gasteiger partial charge >= 0.3 is 5.97 Å². The predicted molar refractivity (Wildman–Crippen MR) is 104 cm³/mol. The van der Waals surface area contributed by atoms with Gasteiger partial charge in [-0.2, -0.15) is 0 Å². The summed E-state index contributed by atoms with van der Waals surface area (Å²) in [5, 5.41) is 9.84. The minimum absolute atomic E-state index is 0.0285. The molecule has 1 heterocycles. The van der Waals surface area contributed by atoms with Gasteiger partial charge in [-0.25, -0.2) is 0 Å². The van der Waals surface area contributed by atoms with Crippen molar-refractivity contribution in [3.63, 3.8) is 0 Å². The number of allylic oxidation sites excluding steroid dienone is 3. The molecular formula is C23H30O3. The molecule has 1 fully saturated rings. The van der Waals surface area contributed by atoms with E-state index in [1.807, 2.05) is 12.1 Å². The molecule has 1 aromatic rings. The van der Waals surface area contributed by atoms with Crippen LogP contribution in [0.2, 0.25) is 0 Å². The Morgan fingerprint density at radius 1 is 1.15 bits per heavy atom. The molecule has 140 valence electrons. The second-order valence-corrected chi connectivity index (χ2v) is 9.14. The Kier molecular flexibility index (Phi) is 5.12. The van der Waals surface area contributed by atoms with Crippen LogP contribution >= 0.6 is 0 Å². The third kappa shape index (κ3) is 4.27. The molecule has 3 nitrogen and oxygen atoms in total. The highest BCUT2D eigenvalue weighted by Crippen LogP contribution is 2.52. The fourth-order valence-electron chi connectivity index (χ4n) is 4.69. The number of esters is 1. The van der Waals surface area contributed by atoms with Crippen LogP contribution in [0.15, 0.2) is 48.1 Å². The van der Waals surface area contributed by atoms with E-state index in [-0.39, 0.29) is 29.3 Å². The highest BCUT2D eigenvalue weighted by Gasteiger charge is 2.38. The highest BCUT2D eigenvalue weighted by molar-refractivity contribution is 5.74. The molecule has 1 aromatic carbocycles. The van der Waals surface area contributed by atoms with Gasteiger partial charge in [-0.05, 0) is 46.5 Å². The monoisotopic (exact) mass is 354 g/mol. The molecule has 2 aliphatic rings. The largest absolute Gasteiger partial charge is 0.458 e. The van der Waals surface area contributed by atoms with Crippen LogP contribution in [0.5, 0.6) is 0 Å². The van der Waals surface area contributed by atoms with E-state index in [4.69, 9.17) is 4.74 Å². The first-order valence-electron chi connectivity index (χ1n) is 9.51. The molecule has 0 bridgehead atoms. The van der Waals surface area contributed by atoms with Crippen molar-refractivity contribution in [2.45, 2.75) is 65.6 Å². The number of hydrogen-bond donors (Lipinski definition) is 1. The summed E-state index contributed by atoms with van der Waals surface area (Å²) in [5.74, 6) is -0.320. The van der Waals surface area contributed by atoms with Gasteiger partial charge in [-0.3, -0.25) is 4.79 Å². The molecule has 3 heteroatoms. The van der Waals surface area contributed by atoms with Gasteiger partial charge in [0.15, 0.2) is 0 Å². The van der Waals surface area contributed by atoms with Crippen LogP contribution in [0.4, 0.5) is 0 Å². The third-order valence-corrected chi connectivity index (χ3v) is 5.42. The van der Waals surface area contributed by atoms with E-state index >= 15 is 0 Å². The Morgan fingerprint density at radius 2 is 1.85 bits per heavy atom. The third-order valence-electron chi connectivity index (χ3n) is 5.42. The molecule has 0 unspecified atom stereocenters. The number of aliphatic hydroxyl groups excluding tert-OH is 1. The van der Waals surface area contributed by atoms with Crippen LogP contribution in [-0.2, 0) is 9.53 Å². The van der Waals surface area contributed by atoms with E-state index in [0.29, 0.717) is 6.42 Å². The first-order valence-corrected chi connectivity index (χ1v) is 9.51. The molecule has 1 saturated heterocycles. The van der Waals surface area contributed by atoms with Crippen molar-refractivity contribution < 1.29 is 14.6 Å². The standard InChI is InChI=1S/C23H30O3/c1-22(2)14-19(16-8-6-5-7-9-16)20(23(3,4)15-22)11-10-18-12-17(24)13-21(25)26-18/h5-11,17-18,24H,12-15H2,1-4H3/b11-10+/t17-,18-/m0/s1. The molecule has 1 aliphatic carbocycles. The van der Waals surface area contributed by atoms with Crippen molar-refractivity contribution in [1.82, 2.24) is 0 Å². The van der Waals surface area contributed by atoms with Crippen LogP contribution in [0.1, 0.15) is 58.9 Å². The van der Waals surface area contributed by atoms with Gasteiger partial charge in [0.25, 0.3) is 0 Å². The molecule has 0 saturated carbocycles. The van der Waals surface area contributed by atoms with Crippen LogP contribution in [0.3, 0.4) is 0 Å². The number of benzene rings is 1. The average Bonchev–Trinajstić information content (AvgIpc) is 2.51. The summed E-state index contributed by atoms with van der Waals surface area (Å²) in [5.41, 5.74) is 4.19. The SMILES string of the molecule is CC1(C)CC(c2ccccc2)=C(/C=C/[C@H]2C[C@H](O)CC(=O)O2)C(C)(C)C1. The minimum atomic E-state index is -0.605. The van der Waals surface area contributed by atoms with E-state index in [1.165, 1.54) is 16.7 Å². The molecule has 0 spiro atoms. The second kappa shape index (κ2) is 7.03. The molecule has 1 N–H and O–H groups in total. The fourth-order valence-corrected chi connectivity index (χ4v) is 4.69. The number of ether oxygens (including phenoxy) is 1. The maximum Gasteiger partial charge on any atom is 0.309 e. The molecule has 26 heavy (non-hydrogen) atoms. The predicted octanol–water partition coefficient (Wildman–Crippen LogP) is 4.91. The maximum atomic E-state index is 11.6. The number of cyclic esters (lactones) is 1.